The van der Waals surface area contributed by atoms with Crippen molar-refractivity contribution in [1.29, 1.82) is 0 Å². The number of likely N-dealkylation sites (N-methyl/N-ethyl adjacent to an activating group) is 1. The maximum Gasteiger partial charge on any atom is 0.422 e. The molecule has 1 aliphatic rings. The molecule has 1 aromatic heterocycles. The van der Waals surface area contributed by atoms with Gasteiger partial charge < -0.3 is 14.5 Å². The number of rotatable bonds is 7. The number of pyridine rings is 1. The zero-order chi connectivity index (χ0) is 21.4. The highest BCUT2D eigenvalue weighted by Gasteiger charge is 2.30. The molecule has 1 aromatic rings. The van der Waals surface area contributed by atoms with Crippen molar-refractivity contribution in [2.45, 2.75) is 26.4 Å². The van der Waals surface area contributed by atoms with Gasteiger partial charge in [0.25, 0.3) is 5.91 Å². The van der Waals surface area contributed by atoms with E-state index < -0.39 is 18.7 Å². The molecule has 0 aromatic carbocycles. The van der Waals surface area contributed by atoms with Crippen molar-refractivity contribution in [3.63, 3.8) is 0 Å². The second kappa shape index (κ2) is 10.4. The standard InChI is InChI=1S/C19H27F3N4O3/c1-3-25(4-2)16(27)13-24-9-6-10-26(12-11-24)18(28)15-7-5-8-23-17(15)29-14-19(20,21)22/h5,7-8H,3-4,6,9-14H2,1-2H3. The lowest BCUT2D eigenvalue weighted by molar-refractivity contribution is -0.154. The number of ether oxygens (including phenoxy) is 1. The molecular weight excluding hydrogens is 389 g/mol. The van der Waals surface area contributed by atoms with Gasteiger partial charge in [-0.25, -0.2) is 4.98 Å². The van der Waals surface area contributed by atoms with E-state index in [0.717, 1.165) is 0 Å². The van der Waals surface area contributed by atoms with E-state index in [1.807, 2.05) is 18.7 Å². The first-order chi connectivity index (χ1) is 13.7. The highest BCUT2D eigenvalue weighted by Crippen LogP contribution is 2.21. The molecule has 29 heavy (non-hydrogen) atoms. The van der Waals surface area contributed by atoms with Crippen LogP contribution in [0.15, 0.2) is 18.3 Å². The van der Waals surface area contributed by atoms with Crippen LogP contribution in [0.3, 0.4) is 0 Å². The average molecular weight is 416 g/mol. The molecule has 1 aliphatic heterocycles. The molecule has 1 saturated heterocycles. The summed E-state index contributed by atoms with van der Waals surface area (Å²) < 4.78 is 42.1. The van der Waals surface area contributed by atoms with Crippen LogP contribution in [0.5, 0.6) is 5.88 Å². The lowest BCUT2D eigenvalue weighted by Gasteiger charge is -2.25. The summed E-state index contributed by atoms with van der Waals surface area (Å²) in [7, 11) is 0. The van der Waals surface area contributed by atoms with Gasteiger partial charge in [0.05, 0.1) is 6.54 Å². The fraction of sp³-hybridized carbons (Fsp3) is 0.632. The van der Waals surface area contributed by atoms with Crippen LogP contribution in [0.4, 0.5) is 13.2 Å². The Hall–Kier alpha value is -2.36. The molecule has 2 rings (SSSR count). The second-order valence-electron chi connectivity index (χ2n) is 6.75. The number of carbonyl (C=O) groups is 2. The summed E-state index contributed by atoms with van der Waals surface area (Å²) in [6.07, 6.45) is -2.57. The van der Waals surface area contributed by atoms with Crippen LogP contribution in [-0.4, -0.2) is 90.1 Å². The van der Waals surface area contributed by atoms with Crippen LogP contribution >= 0.6 is 0 Å². The van der Waals surface area contributed by atoms with Crippen molar-refractivity contribution >= 4 is 11.8 Å². The number of nitrogens with zero attached hydrogens (tertiary/aromatic N) is 4. The van der Waals surface area contributed by atoms with Crippen LogP contribution in [-0.2, 0) is 4.79 Å². The molecule has 0 N–H and O–H groups in total. The Bertz CT molecular complexity index is 696. The first-order valence-electron chi connectivity index (χ1n) is 9.69. The van der Waals surface area contributed by atoms with Crippen LogP contribution in [0.2, 0.25) is 0 Å². The zero-order valence-electron chi connectivity index (χ0n) is 16.7. The summed E-state index contributed by atoms with van der Waals surface area (Å²) in [6, 6.07) is 2.90. The zero-order valence-corrected chi connectivity index (χ0v) is 16.7. The Morgan fingerprint density at radius 2 is 1.90 bits per heavy atom. The summed E-state index contributed by atoms with van der Waals surface area (Å²) in [4.78, 5) is 34.3. The molecule has 7 nitrogen and oxygen atoms in total. The quantitative estimate of drug-likeness (QED) is 0.681. The van der Waals surface area contributed by atoms with Gasteiger partial charge in [-0.15, -0.1) is 0 Å². The van der Waals surface area contributed by atoms with Crippen molar-refractivity contribution < 1.29 is 27.5 Å². The van der Waals surface area contributed by atoms with Crippen molar-refractivity contribution in [1.82, 2.24) is 19.7 Å². The van der Waals surface area contributed by atoms with E-state index in [1.165, 1.54) is 18.3 Å². The maximum absolute atomic E-state index is 12.9. The third-order valence-corrected chi connectivity index (χ3v) is 4.72. The van der Waals surface area contributed by atoms with Gasteiger partial charge in [-0.05, 0) is 32.4 Å². The molecule has 0 unspecified atom stereocenters. The van der Waals surface area contributed by atoms with Crippen molar-refractivity contribution in [2.75, 3.05) is 52.4 Å². The molecular formula is C19H27F3N4O3. The normalized spacial score (nSPS) is 15.7. The van der Waals surface area contributed by atoms with Crippen molar-refractivity contribution in [2.24, 2.45) is 0 Å². The molecule has 0 aliphatic carbocycles. The van der Waals surface area contributed by atoms with Crippen LogP contribution in [0.25, 0.3) is 0 Å². The Kier molecular flexibility index (Phi) is 8.24. The fourth-order valence-corrected chi connectivity index (χ4v) is 3.19. The lowest BCUT2D eigenvalue weighted by atomic mass is 10.2. The number of aromatic nitrogens is 1. The third kappa shape index (κ3) is 6.88. The Morgan fingerprint density at radius 3 is 2.55 bits per heavy atom. The van der Waals surface area contributed by atoms with E-state index in [2.05, 4.69) is 4.98 Å². The SMILES string of the molecule is CCN(CC)C(=O)CN1CCCN(C(=O)c2cccnc2OCC(F)(F)F)CC1. The summed E-state index contributed by atoms with van der Waals surface area (Å²) in [5, 5.41) is 0. The monoisotopic (exact) mass is 416 g/mol. The van der Waals surface area contributed by atoms with E-state index in [4.69, 9.17) is 4.74 Å². The molecule has 0 spiro atoms. The van der Waals surface area contributed by atoms with Crippen LogP contribution in [0.1, 0.15) is 30.6 Å². The van der Waals surface area contributed by atoms with Gasteiger partial charge >= 0.3 is 6.18 Å². The Balaban J connectivity index is 2.00. The third-order valence-electron chi connectivity index (χ3n) is 4.72. The van der Waals surface area contributed by atoms with Gasteiger partial charge in [0.1, 0.15) is 5.56 Å². The number of halogens is 3. The van der Waals surface area contributed by atoms with E-state index in [1.54, 1.807) is 9.80 Å². The number of hydrogen-bond donors (Lipinski definition) is 0. The van der Waals surface area contributed by atoms with Gasteiger partial charge in [0.15, 0.2) is 6.61 Å². The molecule has 0 saturated carbocycles. The first-order valence-corrected chi connectivity index (χ1v) is 9.69. The topological polar surface area (TPSA) is 66.0 Å². The van der Waals surface area contributed by atoms with E-state index in [0.29, 0.717) is 45.7 Å². The van der Waals surface area contributed by atoms with Crippen molar-refractivity contribution in [3.8, 4) is 5.88 Å². The summed E-state index contributed by atoms with van der Waals surface area (Å²) in [5.74, 6) is -0.704. The minimum Gasteiger partial charge on any atom is -0.467 e. The smallest absolute Gasteiger partial charge is 0.422 e. The summed E-state index contributed by atoms with van der Waals surface area (Å²) in [5.41, 5.74) is 0.00409. The van der Waals surface area contributed by atoms with Gasteiger partial charge in [-0.3, -0.25) is 14.5 Å². The maximum atomic E-state index is 12.9. The second-order valence-corrected chi connectivity index (χ2v) is 6.75. The fourth-order valence-electron chi connectivity index (χ4n) is 3.19. The average Bonchev–Trinajstić information content (AvgIpc) is 2.92. The van der Waals surface area contributed by atoms with Crippen LogP contribution in [0, 0.1) is 0 Å². The largest absolute Gasteiger partial charge is 0.467 e. The van der Waals surface area contributed by atoms with Gasteiger partial charge in [0, 0.05) is 45.5 Å². The Morgan fingerprint density at radius 1 is 1.17 bits per heavy atom. The highest BCUT2D eigenvalue weighted by atomic mass is 19.4. The lowest BCUT2D eigenvalue weighted by Crippen LogP contribution is -2.42. The van der Waals surface area contributed by atoms with Crippen molar-refractivity contribution in [3.05, 3.63) is 23.9 Å². The molecule has 10 heteroatoms. The van der Waals surface area contributed by atoms with Gasteiger partial charge in [0.2, 0.25) is 11.8 Å². The Labute approximate surface area is 168 Å². The molecule has 162 valence electrons. The van der Waals surface area contributed by atoms with Gasteiger partial charge in [-0.1, -0.05) is 0 Å². The molecule has 0 bridgehead atoms. The number of hydrogen-bond acceptors (Lipinski definition) is 5. The van der Waals surface area contributed by atoms with Crippen LogP contribution < -0.4 is 4.74 Å². The summed E-state index contributed by atoms with van der Waals surface area (Å²) in [6.45, 7) is 5.93. The summed E-state index contributed by atoms with van der Waals surface area (Å²) >= 11 is 0. The first kappa shape index (κ1) is 22.9. The molecule has 0 atom stereocenters. The predicted molar refractivity (Wildman–Crippen MR) is 101 cm³/mol. The minimum absolute atomic E-state index is 0.00409. The minimum atomic E-state index is -4.52. The molecule has 2 heterocycles. The molecule has 0 radical (unpaired) electrons. The predicted octanol–water partition coefficient (Wildman–Crippen LogP) is 2.04. The van der Waals surface area contributed by atoms with E-state index in [9.17, 15) is 22.8 Å². The highest BCUT2D eigenvalue weighted by molar-refractivity contribution is 5.96. The molecule has 2 amide bonds. The number of amides is 2. The van der Waals surface area contributed by atoms with Gasteiger partial charge in [-0.2, -0.15) is 13.2 Å². The van der Waals surface area contributed by atoms with E-state index in [-0.39, 0.29) is 23.9 Å². The number of alkyl halides is 3. The van der Waals surface area contributed by atoms with E-state index >= 15 is 0 Å². The number of carbonyl (C=O) groups excluding carboxylic acids is 2. The molecule has 1 fully saturated rings.